The molecule has 5 nitrogen and oxygen atoms in total. The number of benzene rings is 1. The van der Waals surface area contributed by atoms with Crippen molar-refractivity contribution in [3.8, 4) is 5.75 Å². The van der Waals surface area contributed by atoms with Crippen LogP contribution >= 0.6 is 12.4 Å². The Bertz CT molecular complexity index is 437. The van der Waals surface area contributed by atoms with E-state index in [0.717, 1.165) is 25.9 Å². The topological polar surface area (TPSA) is 59.6 Å². The summed E-state index contributed by atoms with van der Waals surface area (Å²) in [6.07, 6.45) is 2.11. The predicted molar refractivity (Wildman–Crippen MR) is 84.4 cm³/mol. The van der Waals surface area contributed by atoms with Crippen molar-refractivity contribution in [1.29, 1.82) is 0 Å². The van der Waals surface area contributed by atoms with Crippen LogP contribution in [0.3, 0.4) is 0 Å². The zero-order valence-corrected chi connectivity index (χ0v) is 13.1. The average molecular weight is 315 g/mol. The molecule has 1 saturated heterocycles. The average Bonchev–Trinajstić information content (AvgIpc) is 2.49. The number of piperidine rings is 1. The summed E-state index contributed by atoms with van der Waals surface area (Å²) in [6.45, 7) is 2.80. The number of carbonyl (C=O) groups excluding carboxylic acids is 1. The van der Waals surface area contributed by atoms with Gasteiger partial charge >= 0.3 is 0 Å². The summed E-state index contributed by atoms with van der Waals surface area (Å²) in [5.41, 5.74) is 0.578. The molecule has 1 atom stereocenters. The minimum Gasteiger partial charge on any atom is -0.490 e. The minimum atomic E-state index is -0.0771. The molecule has 21 heavy (non-hydrogen) atoms. The maximum atomic E-state index is 12.3. The van der Waals surface area contributed by atoms with E-state index in [-0.39, 0.29) is 24.4 Å². The Morgan fingerprint density at radius 1 is 1.38 bits per heavy atom. The molecule has 0 spiro atoms. The highest BCUT2D eigenvalue weighted by Gasteiger charge is 2.18. The third-order valence-electron chi connectivity index (χ3n) is 3.31. The number of rotatable bonds is 6. The second-order valence-electron chi connectivity index (χ2n) is 4.85. The van der Waals surface area contributed by atoms with E-state index in [1.165, 1.54) is 0 Å². The molecule has 1 amide bonds. The fourth-order valence-corrected chi connectivity index (χ4v) is 2.25. The van der Waals surface area contributed by atoms with Crippen LogP contribution in [0.15, 0.2) is 24.3 Å². The standard InChI is InChI=1S/C15H22N2O3.ClH/c1-19-9-10-20-14-7-3-2-6-13(14)15(18)17-12-5-4-8-16-11-12;/h2-3,6-7,12,16H,4-5,8-11H2,1H3,(H,17,18);1H. The normalized spacial score (nSPS) is 17.7. The van der Waals surface area contributed by atoms with Crippen molar-refractivity contribution in [1.82, 2.24) is 10.6 Å². The summed E-state index contributed by atoms with van der Waals surface area (Å²) >= 11 is 0. The van der Waals surface area contributed by atoms with Gasteiger partial charge in [0.2, 0.25) is 0 Å². The predicted octanol–water partition coefficient (Wildman–Crippen LogP) is 1.62. The van der Waals surface area contributed by atoms with Gasteiger partial charge in [0.25, 0.3) is 5.91 Å². The summed E-state index contributed by atoms with van der Waals surface area (Å²) in [6, 6.07) is 7.50. The quantitative estimate of drug-likeness (QED) is 0.783. The molecule has 0 aromatic heterocycles. The number of hydrogen-bond acceptors (Lipinski definition) is 4. The van der Waals surface area contributed by atoms with Gasteiger partial charge in [-0.2, -0.15) is 0 Å². The van der Waals surface area contributed by atoms with Crippen molar-refractivity contribution >= 4 is 18.3 Å². The van der Waals surface area contributed by atoms with Gasteiger partial charge in [-0.25, -0.2) is 0 Å². The smallest absolute Gasteiger partial charge is 0.255 e. The Balaban J connectivity index is 0.00000220. The highest BCUT2D eigenvalue weighted by molar-refractivity contribution is 5.97. The van der Waals surface area contributed by atoms with E-state index in [4.69, 9.17) is 9.47 Å². The number of hydrogen-bond donors (Lipinski definition) is 2. The maximum Gasteiger partial charge on any atom is 0.255 e. The molecule has 0 radical (unpaired) electrons. The fraction of sp³-hybridized carbons (Fsp3) is 0.533. The molecular weight excluding hydrogens is 292 g/mol. The lowest BCUT2D eigenvalue weighted by molar-refractivity contribution is 0.0923. The molecule has 2 N–H and O–H groups in total. The lowest BCUT2D eigenvalue weighted by Crippen LogP contribution is -2.45. The van der Waals surface area contributed by atoms with Crippen molar-refractivity contribution in [2.24, 2.45) is 0 Å². The molecule has 1 aliphatic rings. The fourth-order valence-electron chi connectivity index (χ4n) is 2.25. The van der Waals surface area contributed by atoms with Gasteiger partial charge in [-0.3, -0.25) is 4.79 Å². The van der Waals surface area contributed by atoms with Gasteiger partial charge in [-0.1, -0.05) is 12.1 Å². The monoisotopic (exact) mass is 314 g/mol. The second kappa shape index (κ2) is 9.60. The van der Waals surface area contributed by atoms with Gasteiger partial charge in [0, 0.05) is 19.7 Å². The number of para-hydroxylation sites is 1. The van der Waals surface area contributed by atoms with Crippen LogP contribution in [0.4, 0.5) is 0 Å². The Morgan fingerprint density at radius 2 is 2.19 bits per heavy atom. The van der Waals surface area contributed by atoms with E-state index in [1.54, 1.807) is 13.2 Å². The highest BCUT2D eigenvalue weighted by Crippen LogP contribution is 2.18. The second-order valence-corrected chi connectivity index (χ2v) is 4.85. The van der Waals surface area contributed by atoms with Crippen LogP contribution in [-0.2, 0) is 4.74 Å². The molecular formula is C15H23ClN2O3. The number of halogens is 1. The maximum absolute atomic E-state index is 12.3. The SMILES string of the molecule is COCCOc1ccccc1C(=O)NC1CCCNC1.Cl. The first kappa shape index (κ1) is 17.8. The van der Waals surface area contributed by atoms with Gasteiger partial charge in [0.15, 0.2) is 0 Å². The van der Waals surface area contributed by atoms with Crippen molar-refractivity contribution in [2.45, 2.75) is 18.9 Å². The van der Waals surface area contributed by atoms with Gasteiger partial charge in [-0.15, -0.1) is 12.4 Å². The summed E-state index contributed by atoms with van der Waals surface area (Å²) in [5, 5.41) is 6.34. The van der Waals surface area contributed by atoms with Crippen molar-refractivity contribution in [2.75, 3.05) is 33.4 Å². The lowest BCUT2D eigenvalue weighted by Gasteiger charge is -2.24. The first-order valence-electron chi connectivity index (χ1n) is 7.03. The Morgan fingerprint density at radius 3 is 2.90 bits per heavy atom. The molecule has 1 aromatic rings. The van der Waals surface area contributed by atoms with Gasteiger partial charge in [-0.05, 0) is 31.5 Å². The molecule has 118 valence electrons. The molecule has 1 aliphatic heterocycles. The summed E-state index contributed by atoms with van der Waals surface area (Å²) in [4.78, 5) is 12.3. The molecule has 1 unspecified atom stereocenters. The van der Waals surface area contributed by atoms with Crippen LogP contribution in [0.25, 0.3) is 0 Å². The van der Waals surface area contributed by atoms with Crippen molar-refractivity contribution in [3.63, 3.8) is 0 Å². The van der Waals surface area contributed by atoms with E-state index in [9.17, 15) is 4.79 Å². The number of ether oxygens (including phenoxy) is 2. The summed E-state index contributed by atoms with van der Waals surface area (Å²) < 4.78 is 10.5. The minimum absolute atomic E-state index is 0. The van der Waals surface area contributed by atoms with E-state index in [1.807, 2.05) is 18.2 Å². The number of amides is 1. The molecule has 1 heterocycles. The van der Waals surface area contributed by atoms with Crippen LogP contribution in [0.1, 0.15) is 23.2 Å². The van der Waals surface area contributed by atoms with Crippen molar-refractivity contribution in [3.05, 3.63) is 29.8 Å². The number of methoxy groups -OCH3 is 1. The number of carbonyl (C=O) groups is 1. The van der Waals surface area contributed by atoms with Crippen LogP contribution in [0.5, 0.6) is 5.75 Å². The van der Waals surface area contributed by atoms with Crippen LogP contribution in [-0.4, -0.2) is 45.4 Å². The zero-order valence-electron chi connectivity index (χ0n) is 12.3. The molecule has 0 bridgehead atoms. The van der Waals surface area contributed by atoms with E-state index in [0.29, 0.717) is 24.5 Å². The molecule has 0 saturated carbocycles. The highest BCUT2D eigenvalue weighted by atomic mass is 35.5. The Hall–Kier alpha value is -1.30. The van der Waals surface area contributed by atoms with Gasteiger partial charge in [0.05, 0.1) is 12.2 Å². The largest absolute Gasteiger partial charge is 0.490 e. The Labute approximate surface area is 131 Å². The zero-order chi connectivity index (χ0) is 14.2. The van der Waals surface area contributed by atoms with Gasteiger partial charge < -0.3 is 20.1 Å². The van der Waals surface area contributed by atoms with Crippen LogP contribution in [0, 0.1) is 0 Å². The molecule has 6 heteroatoms. The molecule has 0 aliphatic carbocycles. The number of nitrogens with one attached hydrogen (secondary N) is 2. The van der Waals surface area contributed by atoms with Crippen molar-refractivity contribution < 1.29 is 14.3 Å². The first-order valence-corrected chi connectivity index (χ1v) is 7.03. The Kier molecular flexibility index (Phi) is 8.12. The molecule has 2 rings (SSSR count). The van der Waals surface area contributed by atoms with Gasteiger partial charge in [0.1, 0.15) is 12.4 Å². The summed E-state index contributed by atoms with van der Waals surface area (Å²) in [7, 11) is 1.62. The third kappa shape index (κ3) is 5.53. The lowest BCUT2D eigenvalue weighted by atomic mass is 10.1. The van der Waals surface area contributed by atoms with Crippen LogP contribution in [0.2, 0.25) is 0 Å². The van der Waals surface area contributed by atoms with Crippen LogP contribution < -0.4 is 15.4 Å². The van der Waals surface area contributed by atoms with E-state index >= 15 is 0 Å². The first-order chi connectivity index (χ1) is 9.81. The molecule has 1 fully saturated rings. The van der Waals surface area contributed by atoms with E-state index in [2.05, 4.69) is 10.6 Å². The molecule has 1 aromatic carbocycles. The summed E-state index contributed by atoms with van der Waals surface area (Å²) in [5.74, 6) is 0.525. The third-order valence-corrected chi connectivity index (χ3v) is 3.31. The van der Waals surface area contributed by atoms with E-state index < -0.39 is 0 Å².